The predicted molar refractivity (Wildman–Crippen MR) is 103 cm³/mol. The molecule has 2 heterocycles. The van der Waals surface area contributed by atoms with Crippen molar-refractivity contribution >= 4 is 23.4 Å². The van der Waals surface area contributed by atoms with Crippen molar-refractivity contribution in [2.24, 2.45) is 5.73 Å². The normalized spacial score (nSPS) is 10.5. The molecule has 3 rings (SSSR count). The largest absolute Gasteiger partial charge is 0.462 e. The van der Waals surface area contributed by atoms with Crippen molar-refractivity contribution in [3.63, 3.8) is 0 Å². The Morgan fingerprint density at radius 2 is 1.96 bits per heavy atom. The van der Waals surface area contributed by atoms with Gasteiger partial charge >= 0.3 is 5.97 Å². The predicted octanol–water partition coefficient (Wildman–Crippen LogP) is 2.30. The standard InChI is InChI=1S/C19H20N6O3/c1-4-28-18(27)14-10-21-19(25-12(3)9-11(2)24-25)23-17(14)22-15-8-6-5-7-13(15)16(20)26/h5-10H,4H2,1-3H3,(H2,20,26)(H,21,22,23). The number of amides is 1. The number of carbonyl (C=O) groups excluding carboxylic acids is 2. The molecule has 144 valence electrons. The lowest BCUT2D eigenvalue weighted by atomic mass is 10.1. The molecule has 2 aromatic heterocycles. The first-order valence-corrected chi connectivity index (χ1v) is 8.64. The number of nitrogens with two attached hydrogens (primary N) is 1. The van der Waals surface area contributed by atoms with Gasteiger partial charge in [0, 0.05) is 11.9 Å². The second-order valence-electron chi connectivity index (χ2n) is 6.03. The van der Waals surface area contributed by atoms with E-state index in [0.29, 0.717) is 5.69 Å². The lowest BCUT2D eigenvalue weighted by Crippen LogP contribution is -2.16. The van der Waals surface area contributed by atoms with Gasteiger partial charge in [-0.05, 0) is 39.0 Å². The quantitative estimate of drug-likeness (QED) is 0.629. The molecule has 0 spiro atoms. The molecule has 0 bridgehead atoms. The molecule has 0 aliphatic heterocycles. The number of carbonyl (C=O) groups is 2. The molecule has 1 amide bonds. The zero-order valence-corrected chi connectivity index (χ0v) is 15.8. The van der Waals surface area contributed by atoms with Gasteiger partial charge in [0.2, 0.25) is 0 Å². The summed E-state index contributed by atoms with van der Waals surface area (Å²) in [6.45, 7) is 5.64. The zero-order chi connectivity index (χ0) is 20.3. The second-order valence-corrected chi connectivity index (χ2v) is 6.03. The molecule has 9 heteroatoms. The molecular weight excluding hydrogens is 360 g/mol. The smallest absolute Gasteiger partial charge is 0.343 e. The van der Waals surface area contributed by atoms with Gasteiger partial charge in [-0.25, -0.2) is 14.5 Å². The average molecular weight is 380 g/mol. The SMILES string of the molecule is CCOC(=O)c1cnc(-n2nc(C)cc2C)nc1Nc1ccccc1C(N)=O. The number of hydrogen-bond donors (Lipinski definition) is 2. The van der Waals surface area contributed by atoms with Crippen LogP contribution in [0.4, 0.5) is 11.5 Å². The Morgan fingerprint density at radius 3 is 2.61 bits per heavy atom. The van der Waals surface area contributed by atoms with Crippen molar-refractivity contribution < 1.29 is 14.3 Å². The summed E-state index contributed by atoms with van der Waals surface area (Å²) < 4.78 is 6.65. The van der Waals surface area contributed by atoms with E-state index < -0.39 is 11.9 Å². The van der Waals surface area contributed by atoms with Crippen LogP contribution in [0.5, 0.6) is 0 Å². The minimum Gasteiger partial charge on any atom is -0.462 e. The molecule has 28 heavy (non-hydrogen) atoms. The Kier molecular flexibility index (Phi) is 5.35. The van der Waals surface area contributed by atoms with Crippen LogP contribution in [0.3, 0.4) is 0 Å². The first-order chi connectivity index (χ1) is 13.4. The summed E-state index contributed by atoms with van der Waals surface area (Å²) >= 11 is 0. The number of anilines is 2. The number of rotatable bonds is 6. The van der Waals surface area contributed by atoms with Crippen LogP contribution in [0.15, 0.2) is 36.5 Å². The third-order valence-corrected chi connectivity index (χ3v) is 3.92. The molecule has 3 N–H and O–H groups in total. The first-order valence-electron chi connectivity index (χ1n) is 8.64. The second kappa shape index (κ2) is 7.87. The highest BCUT2D eigenvalue weighted by molar-refractivity contribution is 6.00. The summed E-state index contributed by atoms with van der Waals surface area (Å²) in [5.41, 5.74) is 7.90. The maximum Gasteiger partial charge on any atom is 0.343 e. The van der Waals surface area contributed by atoms with Crippen molar-refractivity contribution in [3.8, 4) is 5.95 Å². The van der Waals surface area contributed by atoms with Gasteiger partial charge in [-0.15, -0.1) is 0 Å². The summed E-state index contributed by atoms with van der Waals surface area (Å²) in [6.07, 6.45) is 1.37. The lowest BCUT2D eigenvalue weighted by molar-refractivity contribution is 0.0526. The van der Waals surface area contributed by atoms with E-state index in [1.165, 1.54) is 6.20 Å². The van der Waals surface area contributed by atoms with Crippen molar-refractivity contribution in [2.75, 3.05) is 11.9 Å². The molecule has 9 nitrogen and oxygen atoms in total. The number of nitrogens with zero attached hydrogens (tertiary/aromatic N) is 4. The number of ether oxygens (including phenoxy) is 1. The molecule has 0 aliphatic rings. The summed E-state index contributed by atoms with van der Waals surface area (Å²) in [7, 11) is 0. The zero-order valence-electron chi connectivity index (χ0n) is 15.8. The molecule has 0 atom stereocenters. The van der Waals surface area contributed by atoms with Crippen LogP contribution in [0.2, 0.25) is 0 Å². The fourth-order valence-electron chi connectivity index (χ4n) is 2.69. The molecule has 0 fully saturated rings. The number of benzene rings is 1. The molecule has 0 saturated carbocycles. The number of nitrogens with one attached hydrogen (secondary N) is 1. The van der Waals surface area contributed by atoms with E-state index in [2.05, 4.69) is 20.4 Å². The fourth-order valence-corrected chi connectivity index (χ4v) is 2.69. The van der Waals surface area contributed by atoms with E-state index in [4.69, 9.17) is 10.5 Å². The summed E-state index contributed by atoms with van der Waals surface area (Å²) in [6, 6.07) is 8.57. The monoisotopic (exact) mass is 380 g/mol. The summed E-state index contributed by atoms with van der Waals surface area (Å²) in [5.74, 6) is -0.725. The van der Waals surface area contributed by atoms with E-state index in [9.17, 15) is 9.59 Å². The van der Waals surface area contributed by atoms with E-state index in [1.807, 2.05) is 19.9 Å². The molecule has 0 aliphatic carbocycles. The highest BCUT2D eigenvalue weighted by Gasteiger charge is 2.19. The van der Waals surface area contributed by atoms with Gasteiger partial charge in [-0.2, -0.15) is 10.1 Å². The van der Waals surface area contributed by atoms with Crippen molar-refractivity contribution in [1.82, 2.24) is 19.7 Å². The molecule has 0 radical (unpaired) electrons. The number of aromatic nitrogens is 4. The van der Waals surface area contributed by atoms with Crippen LogP contribution < -0.4 is 11.1 Å². The average Bonchev–Trinajstić information content (AvgIpc) is 3.00. The number of esters is 1. The Labute approximate surface area is 161 Å². The number of primary amides is 1. The van der Waals surface area contributed by atoms with E-state index in [0.717, 1.165) is 11.4 Å². The van der Waals surface area contributed by atoms with Gasteiger partial charge in [0.25, 0.3) is 11.9 Å². The van der Waals surface area contributed by atoms with Gasteiger partial charge in [-0.1, -0.05) is 12.1 Å². The number of hydrogen-bond acceptors (Lipinski definition) is 7. The Morgan fingerprint density at radius 1 is 1.21 bits per heavy atom. The number of aryl methyl sites for hydroxylation is 2. The molecule has 1 aromatic carbocycles. The fraction of sp³-hybridized carbons (Fsp3) is 0.211. The van der Waals surface area contributed by atoms with E-state index in [1.54, 1.807) is 35.9 Å². The molecule has 0 unspecified atom stereocenters. The first kappa shape index (κ1) is 19.0. The van der Waals surface area contributed by atoms with Crippen LogP contribution in [0.25, 0.3) is 5.95 Å². The van der Waals surface area contributed by atoms with Crippen LogP contribution in [0.1, 0.15) is 39.0 Å². The van der Waals surface area contributed by atoms with Crippen molar-refractivity contribution in [1.29, 1.82) is 0 Å². The molecular formula is C19H20N6O3. The summed E-state index contributed by atoms with van der Waals surface area (Å²) in [4.78, 5) is 32.7. The van der Waals surface area contributed by atoms with E-state index in [-0.39, 0.29) is 29.5 Å². The highest BCUT2D eigenvalue weighted by Crippen LogP contribution is 2.23. The van der Waals surface area contributed by atoms with E-state index >= 15 is 0 Å². The van der Waals surface area contributed by atoms with Gasteiger partial charge in [0.15, 0.2) is 5.82 Å². The third-order valence-electron chi connectivity index (χ3n) is 3.92. The minimum atomic E-state index is -0.603. The van der Waals surface area contributed by atoms with Crippen LogP contribution in [-0.4, -0.2) is 38.2 Å². The third kappa shape index (κ3) is 3.83. The maximum absolute atomic E-state index is 12.3. The Hall–Kier alpha value is -3.75. The van der Waals surface area contributed by atoms with Gasteiger partial charge < -0.3 is 15.8 Å². The number of para-hydroxylation sites is 1. The van der Waals surface area contributed by atoms with Crippen LogP contribution in [-0.2, 0) is 4.74 Å². The maximum atomic E-state index is 12.3. The van der Waals surface area contributed by atoms with Gasteiger partial charge in [0.05, 0.1) is 23.6 Å². The van der Waals surface area contributed by atoms with Crippen LogP contribution >= 0.6 is 0 Å². The topological polar surface area (TPSA) is 125 Å². The van der Waals surface area contributed by atoms with Crippen LogP contribution in [0, 0.1) is 13.8 Å². The highest BCUT2D eigenvalue weighted by atomic mass is 16.5. The molecule has 0 saturated heterocycles. The van der Waals surface area contributed by atoms with Gasteiger partial charge in [-0.3, -0.25) is 4.79 Å². The Balaban J connectivity index is 2.10. The summed E-state index contributed by atoms with van der Waals surface area (Å²) in [5, 5.41) is 7.36. The van der Waals surface area contributed by atoms with Crippen molar-refractivity contribution in [3.05, 3.63) is 59.0 Å². The minimum absolute atomic E-state index is 0.131. The lowest BCUT2D eigenvalue weighted by Gasteiger charge is -2.13. The van der Waals surface area contributed by atoms with Crippen molar-refractivity contribution in [2.45, 2.75) is 20.8 Å². The Bertz CT molecular complexity index is 1040. The molecule has 3 aromatic rings. The van der Waals surface area contributed by atoms with Gasteiger partial charge in [0.1, 0.15) is 5.56 Å².